The van der Waals surface area contributed by atoms with E-state index >= 15 is 0 Å². The third-order valence-corrected chi connectivity index (χ3v) is 4.67. The lowest BCUT2D eigenvalue weighted by Gasteiger charge is -2.12. The highest BCUT2D eigenvalue weighted by Gasteiger charge is 2.14. The fourth-order valence-electron chi connectivity index (χ4n) is 2.27. The van der Waals surface area contributed by atoms with Crippen LogP contribution in [0.4, 0.5) is 0 Å². The predicted molar refractivity (Wildman–Crippen MR) is 98.1 cm³/mol. The first kappa shape index (κ1) is 16.1. The zero-order valence-electron chi connectivity index (χ0n) is 12.3. The second-order valence-electron chi connectivity index (χ2n) is 5.10. The molecule has 0 bridgehead atoms. The number of halogens is 2. The first-order chi connectivity index (χ1) is 11.1. The molecule has 3 nitrogen and oxygen atoms in total. The molecule has 0 atom stereocenters. The van der Waals surface area contributed by atoms with Crippen LogP contribution in [0.25, 0.3) is 10.9 Å². The largest absolute Gasteiger partial charge is 0.482 e. The summed E-state index contributed by atoms with van der Waals surface area (Å²) < 4.78 is 7.48. The van der Waals surface area contributed by atoms with Crippen LogP contribution < -0.4 is 4.74 Å². The van der Waals surface area contributed by atoms with Crippen molar-refractivity contribution in [1.82, 2.24) is 4.98 Å². The summed E-state index contributed by atoms with van der Waals surface area (Å²) in [5.41, 5.74) is 2.25. The Balaban J connectivity index is 1.94. The SMILES string of the molecule is Cc1ccc2c(Br)cc(Br)c(OCC(=O)c3ccccc3)c2n1. The number of aromatic nitrogens is 1. The van der Waals surface area contributed by atoms with E-state index in [4.69, 9.17) is 4.74 Å². The second kappa shape index (κ2) is 6.81. The minimum Gasteiger partial charge on any atom is -0.482 e. The molecule has 1 aromatic heterocycles. The van der Waals surface area contributed by atoms with Crippen molar-refractivity contribution in [3.05, 3.63) is 68.7 Å². The van der Waals surface area contributed by atoms with Crippen LogP contribution in [0.15, 0.2) is 57.5 Å². The molecule has 1 heterocycles. The van der Waals surface area contributed by atoms with Crippen molar-refractivity contribution in [2.75, 3.05) is 6.61 Å². The Morgan fingerprint density at radius 3 is 2.57 bits per heavy atom. The van der Waals surface area contributed by atoms with E-state index in [0.717, 1.165) is 25.5 Å². The van der Waals surface area contributed by atoms with Gasteiger partial charge in [-0.15, -0.1) is 0 Å². The van der Waals surface area contributed by atoms with E-state index in [1.807, 2.05) is 43.3 Å². The number of carbonyl (C=O) groups is 1. The number of Topliss-reactive ketones (excluding diaryl/α,β-unsaturated/α-hetero) is 1. The topological polar surface area (TPSA) is 39.2 Å². The molecule has 2 aromatic carbocycles. The van der Waals surface area contributed by atoms with E-state index in [1.54, 1.807) is 12.1 Å². The molecule has 3 aromatic rings. The van der Waals surface area contributed by atoms with Gasteiger partial charge < -0.3 is 4.74 Å². The van der Waals surface area contributed by atoms with Crippen molar-refractivity contribution in [3.63, 3.8) is 0 Å². The summed E-state index contributed by atoms with van der Waals surface area (Å²) in [6.45, 7) is 1.89. The number of fused-ring (bicyclic) bond motifs is 1. The maximum atomic E-state index is 12.2. The number of carbonyl (C=O) groups excluding carboxylic acids is 1. The van der Waals surface area contributed by atoms with Crippen LogP contribution in [0.5, 0.6) is 5.75 Å². The fraction of sp³-hybridized carbons (Fsp3) is 0.111. The number of benzene rings is 2. The lowest BCUT2D eigenvalue weighted by molar-refractivity contribution is 0.0922. The van der Waals surface area contributed by atoms with Gasteiger partial charge in [0.2, 0.25) is 0 Å². The highest BCUT2D eigenvalue weighted by atomic mass is 79.9. The van der Waals surface area contributed by atoms with Crippen LogP contribution in [0.1, 0.15) is 16.1 Å². The Bertz CT molecular complexity index is 879. The molecule has 0 fully saturated rings. The first-order valence-electron chi connectivity index (χ1n) is 7.02. The molecular weight excluding hydrogens is 422 g/mol. The van der Waals surface area contributed by atoms with Crippen molar-refractivity contribution >= 4 is 48.5 Å². The molecule has 0 unspecified atom stereocenters. The van der Waals surface area contributed by atoms with Crippen molar-refractivity contribution in [3.8, 4) is 5.75 Å². The van der Waals surface area contributed by atoms with Crippen LogP contribution >= 0.6 is 31.9 Å². The smallest absolute Gasteiger partial charge is 0.200 e. The zero-order chi connectivity index (χ0) is 16.4. The van der Waals surface area contributed by atoms with Crippen molar-refractivity contribution in [2.24, 2.45) is 0 Å². The van der Waals surface area contributed by atoms with Gasteiger partial charge in [-0.3, -0.25) is 4.79 Å². The van der Waals surface area contributed by atoms with Crippen LogP contribution in [0.3, 0.4) is 0 Å². The number of hydrogen-bond donors (Lipinski definition) is 0. The quantitative estimate of drug-likeness (QED) is 0.521. The van der Waals surface area contributed by atoms with Crippen LogP contribution in [0.2, 0.25) is 0 Å². The highest BCUT2D eigenvalue weighted by molar-refractivity contribution is 9.11. The van der Waals surface area contributed by atoms with Gasteiger partial charge in [-0.2, -0.15) is 0 Å². The van der Waals surface area contributed by atoms with E-state index in [2.05, 4.69) is 36.8 Å². The molecule has 116 valence electrons. The Hall–Kier alpha value is -1.72. The predicted octanol–water partition coefficient (Wildman–Crippen LogP) is 5.33. The fourth-order valence-corrected chi connectivity index (χ4v) is 3.66. The number of nitrogens with zero attached hydrogens (tertiary/aromatic N) is 1. The third-order valence-electron chi connectivity index (χ3n) is 3.42. The molecule has 0 aliphatic rings. The summed E-state index contributed by atoms with van der Waals surface area (Å²) in [6, 6.07) is 14.9. The molecule has 0 aliphatic carbocycles. The van der Waals surface area contributed by atoms with Gasteiger partial charge in [-0.05, 0) is 41.1 Å². The minimum absolute atomic E-state index is 0.0328. The first-order valence-corrected chi connectivity index (χ1v) is 8.61. The molecule has 0 aliphatic heterocycles. The van der Waals surface area contributed by atoms with Crippen molar-refractivity contribution in [1.29, 1.82) is 0 Å². The monoisotopic (exact) mass is 433 g/mol. The average Bonchev–Trinajstić information content (AvgIpc) is 2.55. The van der Waals surface area contributed by atoms with E-state index in [0.29, 0.717) is 11.3 Å². The van der Waals surface area contributed by atoms with Crippen LogP contribution in [-0.4, -0.2) is 17.4 Å². The molecule has 3 rings (SSSR count). The molecule has 0 saturated carbocycles. The van der Waals surface area contributed by atoms with Gasteiger partial charge in [0.15, 0.2) is 18.1 Å². The zero-order valence-corrected chi connectivity index (χ0v) is 15.5. The van der Waals surface area contributed by atoms with Gasteiger partial charge in [0.1, 0.15) is 5.52 Å². The van der Waals surface area contributed by atoms with Crippen LogP contribution in [0, 0.1) is 6.92 Å². The lowest BCUT2D eigenvalue weighted by atomic mass is 10.1. The Morgan fingerprint density at radius 1 is 1.09 bits per heavy atom. The number of aryl methyl sites for hydroxylation is 1. The van der Waals surface area contributed by atoms with Gasteiger partial charge in [0.05, 0.1) is 4.47 Å². The van der Waals surface area contributed by atoms with Crippen molar-refractivity contribution in [2.45, 2.75) is 6.92 Å². The molecule has 0 spiro atoms. The highest BCUT2D eigenvalue weighted by Crippen LogP contribution is 2.37. The van der Waals surface area contributed by atoms with Gasteiger partial charge in [-0.1, -0.05) is 46.3 Å². The lowest BCUT2D eigenvalue weighted by Crippen LogP contribution is -2.12. The summed E-state index contributed by atoms with van der Waals surface area (Å²) in [5.74, 6) is 0.511. The van der Waals surface area contributed by atoms with Crippen molar-refractivity contribution < 1.29 is 9.53 Å². The molecule has 23 heavy (non-hydrogen) atoms. The van der Waals surface area contributed by atoms with E-state index < -0.39 is 0 Å². The number of ether oxygens (including phenoxy) is 1. The standard InChI is InChI=1S/C18H13Br2NO2/c1-11-7-8-13-14(19)9-15(20)18(17(13)21-11)23-10-16(22)12-5-3-2-4-6-12/h2-9H,10H2,1H3. The molecule has 0 N–H and O–H groups in total. The van der Waals surface area contributed by atoms with E-state index in [9.17, 15) is 4.79 Å². The molecule has 0 amide bonds. The van der Waals surface area contributed by atoms with E-state index in [1.165, 1.54) is 0 Å². The number of hydrogen-bond acceptors (Lipinski definition) is 3. The summed E-state index contributed by atoms with van der Waals surface area (Å²) in [5, 5.41) is 0.945. The number of ketones is 1. The molecular formula is C18H13Br2NO2. The summed E-state index contributed by atoms with van der Waals surface area (Å²) in [7, 11) is 0. The Labute approximate surface area is 150 Å². The summed E-state index contributed by atoms with van der Waals surface area (Å²) in [6.07, 6.45) is 0. The second-order valence-corrected chi connectivity index (χ2v) is 6.80. The normalized spacial score (nSPS) is 10.7. The van der Waals surface area contributed by atoms with E-state index in [-0.39, 0.29) is 12.4 Å². The summed E-state index contributed by atoms with van der Waals surface area (Å²) in [4.78, 5) is 16.8. The maximum Gasteiger partial charge on any atom is 0.200 e. The van der Waals surface area contributed by atoms with Gasteiger partial charge in [0.25, 0.3) is 0 Å². The van der Waals surface area contributed by atoms with Gasteiger partial charge in [0, 0.05) is 21.1 Å². The average molecular weight is 435 g/mol. The number of pyridine rings is 1. The Kier molecular flexibility index (Phi) is 4.78. The molecule has 0 saturated heterocycles. The summed E-state index contributed by atoms with van der Waals surface area (Å²) >= 11 is 7.02. The van der Waals surface area contributed by atoms with Crippen LogP contribution in [-0.2, 0) is 0 Å². The molecule has 5 heteroatoms. The number of rotatable bonds is 4. The Morgan fingerprint density at radius 2 is 1.83 bits per heavy atom. The van der Waals surface area contributed by atoms with Gasteiger partial charge >= 0.3 is 0 Å². The third kappa shape index (κ3) is 3.46. The molecule has 0 radical (unpaired) electrons. The minimum atomic E-state index is -0.0683. The maximum absolute atomic E-state index is 12.2. The van der Waals surface area contributed by atoms with Gasteiger partial charge in [-0.25, -0.2) is 4.98 Å².